The lowest BCUT2D eigenvalue weighted by Crippen LogP contribution is -2.38. The molecule has 2 aliphatic rings. The van der Waals surface area contributed by atoms with Crippen molar-refractivity contribution in [2.24, 2.45) is 5.92 Å². The molecule has 0 spiro atoms. The van der Waals surface area contributed by atoms with Gasteiger partial charge in [0.05, 0.1) is 0 Å². The zero-order valence-electron chi connectivity index (χ0n) is 8.31. The van der Waals surface area contributed by atoms with Crippen molar-refractivity contribution in [1.82, 2.24) is 5.32 Å². The molecule has 1 heterocycles. The fourth-order valence-corrected chi connectivity index (χ4v) is 3.05. The maximum Gasteiger partial charge on any atom is 0.324 e. The molecular weight excluding hydrogens is 190 g/mol. The van der Waals surface area contributed by atoms with Gasteiger partial charge in [0.2, 0.25) is 0 Å². The number of nitrogens with one attached hydrogen (secondary N) is 1. The summed E-state index contributed by atoms with van der Waals surface area (Å²) in [6.07, 6.45) is 0.978. The molecule has 2 N–H and O–H groups in total. The Morgan fingerprint density at radius 2 is 2.13 bits per heavy atom. The largest absolute Gasteiger partial charge is 0.480 e. The van der Waals surface area contributed by atoms with E-state index in [2.05, 4.69) is 5.32 Å². The summed E-state index contributed by atoms with van der Waals surface area (Å²) in [5, 5.41) is 12.4. The Balaban J connectivity index is 1.96. The van der Waals surface area contributed by atoms with Gasteiger partial charge in [0.1, 0.15) is 5.54 Å². The molecule has 2 fully saturated rings. The summed E-state index contributed by atoms with van der Waals surface area (Å²) in [5.74, 6) is -0.235. The van der Waals surface area contributed by atoms with Crippen LogP contribution in [0.25, 0.3) is 0 Å². The molecule has 15 heavy (non-hydrogen) atoms. The van der Waals surface area contributed by atoms with Crippen LogP contribution in [0.3, 0.4) is 0 Å². The molecule has 1 aromatic carbocycles. The van der Waals surface area contributed by atoms with Gasteiger partial charge in [0, 0.05) is 5.92 Å². The van der Waals surface area contributed by atoms with Crippen molar-refractivity contribution in [3.05, 3.63) is 35.9 Å². The first kappa shape index (κ1) is 8.92. The van der Waals surface area contributed by atoms with Crippen LogP contribution in [-0.4, -0.2) is 23.2 Å². The average Bonchev–Trinajstić information content (AvgIpc) is 2.70. The second-order valence-electron chi connectivity index (χ2n) is 4.38. The molecule has 1 aliphatic heterocycles. The normalized spacial score (nSPS) is 37.3. The SMILES string of the molecule is O=C(O)[C@@]12NCC[C@@H]1[C@H]2c1ccccc1. The molecule has 3 heteroatoms. The topological polar surface area (TPSA) is 49.3 Å². The lowest BCUT2D eigenvalue weighted by atomic mass is 10.1. The van der Waals surface area contributed by atoms with Crippen molar-refractivity contribution in [1.29, 1.82) is 0 Å². The minimum absolute atomic E-state index is 0.171. The Morgan fingerprint density at radius 3 is 2.73 bits per heavy atom. The van der Waals surface area contributed by atoms with Crippen LogP contribution in [0.1, 0.15) is 17.9 Å². The predicted molar refractivity (Wildman–Crippen MR) is 55.7 cm³/mol. The molecule has 78 valence electrons. The molecule has 0 radical (unpaired) electrons. The molecule has 0 aromatic heterocycles. The minimum Gasteiger partial charge on any atom is -0.480 e. The van der Waals surface area contributed by atoms with E-state index in [4.69, 9.17) is 0 Å². The number of carboxylic acid groups (broad SMARTS) is 1. The van der Waals surface area contributed by atoms with Gasteiger partial charge in [-0.15, -0.1) is 0 Å². The summed E-state index contributed by atoms with van der Waals surface area (Å²) in [6.45, 7) is 0.834. The number of rotatable bonds is 2. The van der Waals surface area contributed by atoms with Crippen LogP contribution >= 0.6 is 0 Å². The molecule has 3 rings (SSSR count). The first-order chi connectivity index (χ1) is 7.27. The quantitative estimate of drug-likeness (QED) is 0.759. The lowest BCUT2D eigenvalue weighted by Gasteiger charge is -2.11. The van der Waals surface area contributed by atoms with Crippen molar-refractivity contribution in [2.45, 2.75) is 17.9 Å². The van der Waals surface area contributed by atoms with Gasteiger partial charge in [-0.05, 0) is 24.4 Å². The Labute approximate surface area is 88.1 Å². The molecule has 1 aliphatic carbocycles. The van der Waals surface area contributed by atoms with Gasteiger partial charge in [-0.3, -0.25) is 4.79 Å². The van der Waals surface area contributed by atoms with Crippen LogP contribution in [0.15, 0.2) is 30.3 Å². The van der Waals surface area contributed by atoms with Crippen molar-refractivity contribution in [2.75, 3.05) is 6.54 Å². The third kappa shape index (κ3) is 1.01. The molecule has 1 saturated heterocycles. The smallest absolute Gasteiger partial charge is 0.324 e. The van der Waals surface area contributed by atoms with Gasteiger partial charge in [-0.2, -0.15) is 0 Å². The van der Waals surface area contributed by atoms with Crippen molar-refractivity contribution >= 4 is 5.97 Å². The van der Waals surface area contributed by atoms with Gasteiger partial charge in [-0.25, -0.2) is 0 Å². The second kappa shape index (κ2) is 2.83. The van der Waals surface area contributed by atoms with Gasteiger partial charge >= 0.3 is 5.97 Å². The van der Waals surface area contributed by atoms with Crippen LogP contribution in [-0.2, 0) is 4.79 Å². The van der Waals surface area contributed by atoms with Crippen LogP contribution in [0.2, 0.25) is 0 Å². The summed E-state index contributed by atoms with van der Waals surface area (Å²) in [5.41, 5.74) is 0.499. The molecule has 1 saturated carbocycles. The van der Waals surface area contributed by atoms with Crippen molar-refractivity contribution in [3.63, 3.8) is 0 Å². The zero-order valence-corrected chi connectivity index (χ0v) is 8.31. The van der Waals surface area contributed by atoms with E-state index in [1.165, 1.54) is 0 Å². The molecule has 0 unspecified atom stereocenters. The Morgan fingerprint density at radius 1 is 1.40 bits per heavy atom. The van der Waals surface area contributed by atoms with E-state index in [1.54, 1.807) is 0 Å². The third-order valence-corrected chi connectivity index (χ3v) is 3.75. The van der Waals surface area contributed by atoms with E-state index in [0.29, 0.717) is 0 Å². The van der Waals surface area contributed by atoms with E-state index in [9.17, 15) is 9.90 Å². The summed E-state index contributed by atoms with van der Waals surface area (Å²) in [7, 11) is 0. The number of carboxylic acids is 1. The summed E-state index contributed by atoms with van der Waals surface area (Å²) < 4.78 is 0. The highest BCUT2D eigenvalue weighted by molar-refractivity contribution is 5.87. The van der Waals surface area contributed by atoms with E-state index >= 15 is 0 Å². The van der Waals surface area contributed by atoms with E-state index in [1.807, 2.05) is 30.3 Å². The third-order valence-electron chi connectivity index (χ3n) is 3.75. The molecule has 1 aromatic rings. The number of fused-ring (bicyclic) bond motifs is 1. The van der Waals surface area contributed by atoms with Crippen LogP contribution in [0.4, 0.5) is 0 Å². The molecule has 3 nitrogen and oxygen atoms in total. The molecular formula is C12H13NO2. The Kier molecular flexibility index (Phi) is 1.68. The highest BCUT2D eigenvalue weighted by atomic mass is 16.4. The second-order valence-corrected chi connectivity index (χ2v) is 4.38. The minimum atomic E-state index is -0.696. The highest BCUT2D eigenvalue weighted by Gasteiger charge is 2.72. The number of piperidine rings is 1. The lowest BCUT2D eigenvalue weighted by molar-refractivity contribution is -0.140. The standard InChI is InChI=1S/C12H13NO2/c14-11(15)12-9(6-7-13-12)10(12)8-4-2-1-3-5-8/h1-5,9-10,13H,6-7H2,(H,14,15)/t9-,10-,12-/m1/s1. The molecule has 3 atom stereocenters. The monoisotopic (exact) mass is 203 g/mol. The predicted octanol–water partition coefficient (Wildman–Crippen LogP) is 1.22. The number of hydrogen-bond donors (Lipinski definition) is 2. The highest BCUT2D eigenvalue weighted by Crippen LogP contribution is 2.61. The first-order valence-electron chi connectivity index (χ1n) is 5.30. The van der Waals surface area contributed by atoms with Crippen molar-refractivity contribution < 1.29 is 9.90 Å². The van der Waals surface area contributed by atoms with E-state index in [-0.39, 0.29) is 11.8 Å². The Hall–Kier alpha value is -1.35. The van der Waals surface area contributed by atoms with Crippen LogP contribution in [0, 0.1) is 5.92 Å². The van der Waals surface area contributed by atoms with E-state index in [0.717, 1.165) is 18.5 Å². The maximum absolute atomic E-state index is 11.3. The summed E-state index contributed by atoms with van der Waals surface area (Å²) in [4.78, 5) is 11.3. The number of benzene rings is 1. The fraction of sp³-hybridized carbons (Fsp3) is 0.417. The van der Waals surface area contributed by atoms with Crippen molar-refractivity contribution in [3.8, 4) is 0 Å². The van der Waals surface area contributed by atoms with Gasteiger partial charge in [0.25, 0.3) is 0 Å². The zero-order chi connectivity index (χ0) is 10.5. The number of carbonyl (C=O) groups is 1. The Bertz CT molecular complexity index is 403. The first-order valence-corrected chi connectivity index (χ1v) is 5.30. The van der Waals surface area contributed by atoms with Gasteiger partial charge in [0.15, 0.2) is 0 Å². The fourth-order valence-electron chi connectivity index (χ4n) is 3.05. The molecule has 0 amide bonds. The average molecular weight is 203 g/mol. The number of aliphatic carboxylic acids is 1. The summed E-state index contributed by atoms with van der Waals surface area (Å²) in [6, 6.07) is 9.95. The summed E-state index contributed by atoms with van der Waals surface area (Å²) >= 11 is 0. The number of hydrogen-bond acceptors (Lipinski definition) is 2. The van der Waals surface area contributed by atoms with Crippen LogP contribution in [0.5, 0.6) is 0 Å². The van der Waals surface area contributed by atoms with Gasteiger partial charge in [-0.1, -0.05) is 30.3 Å². The molecule has 0 bridgehead atoms. The van der Waals surface area contributed by atoms with Gasteiger partial charge < -0.3 is 10.4 Å². The van der Waals surface area contributed by atoms with Crippen LogP contribution < -0.4 is 5.32 Å². The maximum atomic E-state index is 11.3. The van der Waals surface area contributed by atoms with E-state index < -0.39 is 11.5 Å².